The Labute approximate surface area is 122 Å². The summed E-state index contributed by atoms with van der Waals surface area (Å²) in [4.78, 5) is 33.5. The molecule has 0 fully saturated rings. The predicted molar refractivity (Wildman–Crippen MR) is 74.8 cm³/mol. The number of nitrogens with two attached hydrogens (primary N) is 1. The minimum Gasteiger partial charge on any atom is -0.423 e. The summed E-state index contributed by atoms with van der Waals surface area (Å²) < 4.78 is 9.95. The predicted octanol–water partition coefficient (Wildman–Crippen LogP) is 0.153. The SMILES string of the molecule is CNC(=O)[C@@H](N)Cc1ccc(OC(C)=O)c(OC(C)=O)c1. The highest BCUT2D eigenvalue weighted by atomic mass is 16.6. The molecule has 1 amide bonds. The second-order valence-electron chi connectivity index (χ2n) is 4.39. The third-order valence-electron chi connectivity index (χ3n) is 2.55. The van der Waals surface area contributed by atoms with Crippen LogP contribution in [0.1, 0.15) is 19.4 Å². The first-order chi connectivity index (χ1) is 9.83. The van der Waals surface area contributed by atoms with E-state index in [-0.39, 0.29) is 23.8 Å². The van der Waals surface area contributed by atoms with E-state index in [1.165, 1.54) is 33.0 Å². The van der Waals surface area contributed by atoms with Gasteiger partial charge in [0.15, 0.2) is 11.5 Å². The fraction of sp³-hybridized carbons (Fsp3) is 0.357. The van der Waals surface area contributed by atoms with Crippen LogP contribution in [-0.4, -0.2) is 30.9 Å². The molecule has 114 valence electrons. The summed E-state index contributed by atoms with van der Waals surface area (Å²) in [5.74, 6) is -1.13. The zero-order valence-electron chi connectivity index (χ0n) is 12.1. The Bertz CT molecular complexity index is 556. The van der Waals surface area contributed by atoms with E-state index in [0.29, 0.717) is 5.56 Å². The molecule has 0 radical (unpaired) electrons. The molecule has 0 aromatic heterocycles. The van der Waals surface area contributed by atoms with E-state index in [1.807, 2.05) is 0 Å². The molecular formula is C14H18N2O5. The van der Waals surface area contributed by atoms with Gasteiger partial charge >= 0.3 is 11.9 Å². The van der Waals surface area contributed by atoms with Gasteiger partial charge in [-0.15, -0.1) is 0 Å². The molecule has 0 bridgehead atoms. The summed E-state index contributed by atoms with van der Waals surface area (Å²) in [6.45, 7) is 2.48. The van der Waals surface area contributed by atoms with Crippen molar-refractivity contribution in [3.05, 3.63) is 23.8 Å². The Balaban J connectivity index is 3.00. The summed E-state index contributed by atoms with van der Waals surface area (Å²) in [6.07, 6.45) is 0.258. The van der Waals surface area contributed by atoms with E-state index in [0.717, 1.165) is 0 Å². The van der Waals surface area contributed by atoms with Gasteiger partial charge in [-0.3, -0.25) is 14.4 Å². The lowest BCUT2D eigenvalue weighted by Gasteiger charge is -2.13. The third kappa shape index (κ3) is 5.23. The van der Waals surface area contributed by atoms with E-state index in [4.69, 9.17) is 15.2 Å². The highest BCUT2D eigenvalue weighted by Gasteiger charge is 2.15. The molecule has 21 heavy (non-hydrogen) atoms. The summed E-state index contributed by atoms with van der Waals surface area (Å²) in [5.41, 5.74) is 6.40. The first-order valence-electron chi connectivity index (χ1n) is 6.30. The molecule has 0 spiro atoms. The largest absolute Gasteiger partial charge is 0.423 e. The number of rotatable bonds is 5. The molecule has 1 aromatic carbocycles. The van der Waals surface area contributed by atoms with Crippen molar-refractivity contribution in [2.24, 2.45) is 5.73 Å². The Morgan fingerprint density at radius 2 is 1.71 bits per heavy atom. The monoisotopic (exact) mass is 294 g/mol. The maximum Gasteiger partial charge on any atom is 0.308 e. The zero-order valence-corrected chi connectivity index (χ0v) is 12.1. The van der Waals surface area contributed by atoms with Crippen LogP contribution in [0.5, 0.6) is 11.5 Å². The Morgan fingerprint density at radius 3 is 2.24 bits per heavy atom. The summed E-state index contributed by atoms with van der Waals surface area (Å²) in [6, 6.07) is 3.93. The molecule has 1 rings (SSSR count). The van der Waals surface area contributed by atoms with Crippen LogP contribution in [0.3, 0.4) is 0 Å². The van der Waals surface area contributed by atoms with Crippen molar-refractivity contribution >= 4 is 17.8 Å². The van der Waals surface area contributed by atoms with Crippen LogP contribution in [0.15, 0.2) is 18.2 Å². The number of carbonyl (C=O) groups is 3. The van der Waals surface area contributed by atoms with Gasteiger partial charge in [-0.05, 0) is 24.1 Å². The number of amides is 1. The normalized spacial score (nSPS) is 11.4. The molecule has 7 nitrogen and oxygen atoms in total. The van der Waals surface area contributed by atoms with Crippen molar-refractivity contribution in [1.82, 2.24) is 5.32 Å². The molecule has 0 aliphatic rings. The number of ether oxygens (including phenoxy) is 2. The van der Waals surface area contributed by atoms with Crippen molar-refractivity contribution in [2.45, 2.75) is 26.3 Å². The van der Waals surface area contributed by atoms with Crippen LogP contribution in [0, 0.1) is 0 Å². The lowest BCUT2D eigenvalue weighted by Crippen LogP contribution is -2.40. The number of hydrogen-bond acceptors (Lipinski definition) is 6. The summed E-state index contributed by atoms with van der Waals surface area (Å²) in [5, 5.41) is 2.45. The maximum atomic E-state index is 11.4. The molecule has 1 atom stereocenters. The van der Waals surface area contributed by atoms with E-state index in [1.54, 1.807) is 6.07 Å². The molecule has 0 unspecified atom stereocenters. The summed E-state index contributed by atoms with van der Waals surface area (Å²) in [7, 11) is 1.50. The molecule has 0 saturated heterocycles. The second-order valence-corrected chi connectivity index (χ2v) is 4.39. The number of esters is 2. The molecule has 1 aromatic rings. The van der Waals surface area contributed by atoms with Gasteiger partial charge in [-0.2, -0.15) is 0 Å². The molecule has 0 aliphatic heterocycles. The number of likely N-dealkylation sites (N-methyl/N-ethyl adjacent to an activating group) is 1. The molecule has 0 saturated carbocycles. The van der Waals surface area contributed by atoms with Crippen molar-refractivity contribution in [2.75, 3.05) is 7.05 Å². The maximum absolute atomic E-state index is 11.4. The van der Waals surface area contributed by atoms with Gasteiger partial charge in [0.2, 0.25) is 5.91 Å². The van der Waals surface area contributed by atoms with Gasteiger partial charge in [0, 0.05) is 20.9 Å². The first-order valence-corrected chi connectivity index (χ1v) is 6.30. The third-order valence-corrected chi connectivity index (χ3v) is 2.55. The number of benzene rings is 1. The van der Waals surface area contributed by atoms with Crippen LogP contribution in [0.2, 0.25) is 0 Å². The summed E-state index contributed by atoms with van der Waals surface area (Å²) >= 11 is 0. The average molecular weight is 294 g/mol. The topological polar surface area (TPSA) is 108 Å². The molecule has 3 N–H and O–H groups in total. The van der Waals surface area contributed by atoms with Gasteiger partial charge in [0.05, 0.1) is 6.04 Å². The first kappa shape index (κ1) is 16.6. The van der Waals surface area contributed by atoms with Gasteiger partial charge in [-0.25, -0.2) is 0 Å². The van der Waals surface area contributed by atoms with Gasteiger partial charge in [-0.1, -0.05) is 6.07 Å². The van der Waals surface area contributed by atoms with E-state index in [9.17, 15) is 14.4 Å². The zero-order chi connectivity index (χ0) is 16.0. The van der Waals surface area contributed by atoms with Crippen LogP contribution < -0.4 is 20.5 Å². The molecular weight excluding hydrogens is 276 g/mol. The number of hydrogen-bond donors (Lipinski definition) is 2. The van der Waals surface area contributed by atoms with Crippen molar-refractivity contribution in [3.8, 4) is 11.5 Å². The Morgan fingerprint density at radius 1 is 1.14 bits per heavy atom. The van der Waals surface area contributed by atoms with Crippen LogP contribution in [-0.2, 0) is 20.8 Å². The van der Waals surface area contributed by atoms with Crippen LogP contribution in [0.4, 0.5) is 0 Å². The quantitative estimate of drug-likeness (QED) is 0.591. The molecule has 0 aliphatic carbocycles. The molecule has 7 heteroatoms. The van der Waals surface area contributed by atoms with Gasteiger partial charge in [0.1, 0.15) is 0 Å². The average Bonchev–Trinajstić information content (AvgIpc) is 2.39. The van der Waals surface area contributed by atoms with Crippen molar-refractivity contribution in [3.63, 3.8) is 0 Å². The standard InChI is InChI=1S/C14H18N2O5/c1-8(17)20-12-5-4-10(6-11(15)14(19)16-3)7-13(12)21-9(2)18/h4-5,7,11H,6,15H2,1-3H3,(H,16,19)/t11-/m0/s1. The minimum atomic E-state index is -0.722. The smallest absolute Gasteiger partial charge is 0.308 e. The fourth-order valence-corrected chi connectivity index (χ4v) is 1.69. The Hall–Kier alpha value is -2.41. The number of carbonyl (C=O) groups excluding carboxylic acids is 3. The van der Waals surface area contributed by atoms with Gasteiger partial charge in [0.25, 0.3) is 0 Å². The second kappa shape index (κ2) is 7.39. The van der Waals surface area contributed by atoms with Crippen molar-refractivity contribution < 1.29 is 23.9 Å². The minimum absolute atomic E-state index is 0.110. The lowest BCUT2D eigenvalue weighted by molar-refractivity contribution is -0.134. The number of nitrogens with one attached hydrogen (secondary N) is 1. The highest BCUT2D eigenvalue weighted by molar-refractivity contribution is 5.81. The van der Waals surface area contributed by atoms with E-state index >= 15 is 0 Å². The van der Waals surface area contributed by atoms with Crippen LogP contribution >= 0.6 is 0 Å². The lowest BCUT2D eigenvalue weighted by atomic mass is 10.1. The Kier molecular flexibility index (Phi) is 5.86. The van der Waals surface area contributed by atoms with E-state index in [2.05, 4.69) is 5.32 Å². The fourth-order valence-electron chi connectivity index (χ4n) is 1.69. The van der Waals surface area contributed by atoms with Crippen LogP contribution in [0.25, 0.3) is 0 Å². The van der Waals surface area contributed by atoms with E-state index < -0.39 is 18.0 Å². The van der Waals surface area contributed by atoms with Gasteiger partial charge < -0.3 is 20.5 Å². The highest BCUT2D eigenvalue weighted by Crippen LogP contribution is 2.29. The molecule has 0 heterocycles. The van der Waals surface area contributed by atoms with Crippen molar-refractivity contribution in [1.29, 1.82) is 0 Å².